The number of thioether (sulfide) groups is 2. The lowest BCUT2D eigenvalue weighted by Crippen LogP contribution is -2.51. The van der Waals surface area contributed by atoms with Crippen LogP contribution in [-0.4, -0.2) is 40.5 Å². The van der Waals surface area contributed by atoms with Gasteiger partial charge in [0.15, 0.2) is 0 Å². The Morgan fingerprint density at radius 1 is 1.41 bits per heavy atom. The molecule has 1 unspecified atom stereocenters. The molecule has 1 aliphatic heterocycles. The average Bonchev–Trinajstić information content (AvgIpc) is 2.36. The van der Waals surface area contributed by atoms with Gasteiger partial charge in [0.2, 0.25) is 5.91 Å². The van der Waals surface area contributed by atoms with E-state index >= 15 is 0 Å². The zero-order valence-corrected chi connectivity index (χ0v) is 13.0. The molecule has 1 rings (SSSR count). The molecule has 0 radical (unpaired) electrons. The van der Waals surface area contributed by atoms with Gasteiger partial charge >= 0.3 is 0 Å². The van der Waals surface area contributed by atoms with Crippen LogP contribution in [0.1, 0.15) is 26.7 Å². The summed E-state index contributed by atoms with van der Waals surface area (Å²) in [6.07, 6.45) is 1.80. The van der Waals surface area contributed by atoms with Gasteiger partial charge in [-0.1, -0.05) is 13.8 Å². The number of halogens is 1. The SMILES string of the molecule is CCC(N)(CC)CNC(=O)C1CSCCS1.Cl. The molecule has 0 aromatic heterocycles. The zero-order chi connectivity index (χ0) is 12.0. The molecule has 1 aliphatic rings. The van der Waals surface area contributed by atoms with E-state index in [-0.39, 0.29) is 29.1 Å². The van der Waals surface area contributed by atoms with Crippen molar-refractivity contribution in [1.82, 2.24) is 5.32 Å². The molecule has 1 atom stereocenters. The van der Waals surface area contributed by atoms with Gasteiger partial charge in [-0.15, -0.1) is 24.2 Å². The molecule has 0 aliphatic carbocycles. The molecule has 1 heterocycles. The van der Waals surface area contributed by atoms with E-state index in [1.165, 1.54) is 5.75 Å². The fourth-order valence-corrected chi connectivity index (χ4v) is 4.10. The maximum absolute atomic E-state index is 11.9. The van der Waals surface area contributed by atoms with Crippen molar-refractivity contribution in [3.63, 3.8) is 0 Å². The molecule has 0 bridgehead atoms. The highest BCUT2D eigenvalue weighted by molar-refractivity contribution is 8.07. The Balaban J connectivity index is 0.00000256. The summed E-state index contributed by atoms with van der Waals surface area (Å²) in [6.45, 7) is 4.74. The monoisotopic (exact) mass is 298 g/mol. The van der Waals surface area contributed by atoms with Crippen molar-refractivity contribution < 1.29 is 4.79 Å². The van der Waals surface area contributed by atoms with Gasteiger partial charge in [0.25, 0.3) is 0 Å². The van der Waals surface area contributed by atoms with Gasteiger partial charge in [0, 0.05) is 29.3 Å². The van der Waals surface area contributed by atoms with Crippen molar-refractivity contribution in [2.75, 3.05) is 23.8 Å². The van der Waals surface area contributed by atoms with E-state index in [0.29, 0.717) is 6.54 Å². The van der Waals surface area contributed by atoms with E-state index in [1.54, 1.807) is 11.8 Å². The van der Waals surface area contributed by atoms with Crippen LogP contribution in [0, 0.1) is 0 Å². The van der Waals surface area contributed by atoms with Crippen LogP contribution in [0.4, 0.5) is 0 Å². The third kappa shape index (κ3) is 5.73. The summed E-state index contributed by atoms with van der Waals surface area (Å²) in [4.78, 5) is 11.9. The molecule has 3 nitrogen and oxygen atoms in total. The van der Waals surface area contributed by atoms with Gasteiger partial charge < -0.3 is 11.1 Å². The fraction of sp³-hybridized carbons (Fsp3) is 0.909. The number of nitrogens with one attached hydrogen (secondary N) is 1. The summed E-state index contributed by atoms with van der Waals surface area (Å²) in [5.41, 5.74) is 5.91. The van der Waals surface area contributed by atoms with Crippen molar-refractivity contribution in [2.45, 2.75) is 37.5 Å². The van der Waals surface area contributed by atoms with Gasteiger partial charge in [0.05, 0.1) is 5.25 Å². The summed E-state index contributed by atoms with van der Waals surface area (Å²) in [7, 11) is 0. The van der Waals surface area contributed by atoms with Gasteiger partial charge in [-0.25, -0.2) is 0 Å². The van der Waals surface area contributed by atoms with Crippen LogP contribution in [0.5, 0.6) is 0 Å². The number of amides is 1. The Labute approximate surface area is 119 Å². The van der Waals surface area contributed by atoms with Crippen molar-refractivity contribution >= 4 is 41.8 Å². The Bertz CT molecular complexity index is 232. The van der Waals surface area contributed by atoms with Crippen molar-refractivity contribution in [3.8, 4) is 0 Å². The number of nitrogens with two attached hydrogens (primary N) is 1. The summed E-state index contributed by atoms with van der Waals surface area (Å²) in [5.74, 6) is 3.35. The lowest BCUT2D eigenvalue weighted by Gasteiger charge is -2.28. The maximum Gasteiger partial charge on any atom is 0.234 e. The quantitative estimate of drug-likeness (QED) is 0.814. The average molecular weight is 299 g/mol. The minimum atomic E-state index is -0.234. The van der Waals surface area contributed by atoms with Crippen molar-refractivity contribution in [2.24, 2.45) is 5.73 Å². The van der Waals surface area contributed by atoms with Gasteiger partial charge in [0.1, 0.15) is 0 Å². The summed E-state index contributed by atoms with van der Waals surface area (Å²) in [5, 5.41) is 3.12. The van der Waals surface area contributed by atoms with Gasteiger partial charge in [-0.05, 0) is 12.8 Å². The van der Waals surface area contributed by atoms with Gasteiger partial charge in [-0.3, -0.25) is 4.79 Å². The third-order valence-corrected chi connectivity index (χ3v) is 5.89. The first kappa shape index (κ1) is 17.4. The standard InChI is InChI=1S/C11H22N2OS2.ClH/c1-3-11(12,4-2)8-13-10(14)9-7-15-5-6-16-9;/h9H,3-8,12H2,1-2H3,(H,13,14);1H. The molecule has 102 valence electrons. The normalized spacial score (nSPS) is 20.5. The number of rotatable bonds is 5. The first-order chi connectivity index (χ1) is 7.61. The number of carbonyl (C=O) groups is 1. The lowest BCUT2D eigenvalue weighted by molar-refractivity contribution is -0.120. The molecule has 1 fully saturated rings. The first-order valence-electron chi connectivity index (χ1n) is 5.87. The van der Waals surface area contributed by atoms with Crippen LogP contribution in [0.2, 0.25) is 0 Å². The van der Waals surface area contributed by atoms with Crippen LogP contribution >= 0.6 is 35.9 Å². The van der Waals surface area contributed by atoms with Gasteiger partial charge in [-0.2, -0.15) is 11.8 Å². The van der Waals surface area contributed by atoms with E-state index in [1.807, 2.05) is 11.8 Å². The molecule has 1 amide bonds. The largest absolute Gasteiger partial charge is 0.353 e. The molecule has 0 saturated carbocycles. The van der Waals surface area contributed by atoms with Crippen LogP contribution in [0.25, 0.3) is 0 Å². The Morgan fingerprint density at radius 3 is 2.53 bits per heavy atom. The van der Waals surface area contributed by atoms with Crippen molar-refractivity contribution in [1.29, 1.82) is 0 Å². The second-order valence-electron chi connectivity index (χ2n) is 4.22. The summed E-state index contributed by atoms with van der Waals surface area (Å²) in [6, 6.07) is 0. The lowest BCUT2D eigenvalue weighted by atomic mass is 9.94. The first-order valence-corrected chi connectivity index (χ1v) is 8.07. The molecule has 3 N–H and O–H groups in total. The predicted molar refractivity (Wildman–Crippen MR) is 81.3 cm³/mol. The van der Waals surface area contributed by atoms with E-state index in [2.05, 4.69) is 19.2 Å². The molecular weight excluding hydrogens is 276 g/mol. The second-order valence-corrected chi connectivity index (χ2v) is 6.68. The van der Waals surface area contributed by atoms with Crippen LogP contribution < -0.4 is 11.1 Å². The highest BCUT2D eigenvalue weighted by Crippen LogP contribution is 2.24. The third-order valence-electron chi connectivity index (χ3n) is 3.13. The molecule has 1 saturated heterocycles. The molecule has 0 spiro atoms. The number of hydrogen-bond donors (Lipinski definition) is 2. The predicted octanol–water partition coefficient (Wildman–Crippen LogP) is 1.89. The summed E-state index contributed by atoms with van der Waals surface area (Å²) < 4.78 is 0. The van der Waals surface area contributed by atoms with Crippen LogP contribution in [0.15, 0.2) is 0 Å². The topological polar surface area (TPSA) is 55.1 Å². The molecule has 17 heavy (non-hydrogen) atoms. The molecule has 0 aromatic rings. The van der Waals surface area contributed by atoms with E-state index in [9.17, 15) is 4.79 Å². The van der Waals surface area contributed by atoms with Crippen LogP contribution in [0.3, 0.4) is 0 Å². The van der Waals surface area contributed by atoms with E-state index in [0.717, 1.165) is 24.3 Å². The van der Waals surface area contributed by atoms with E-state index in [4.69, 9.17) is 5.73 Å². The smallest absolute Gasteiger partial charge is 0.234 e. The minimum Gasteiger partial charge on any atom is -0.353 e. The van der Waals surface area contributed by atoms with E-state index < -0.39 is 0 Å². The Morgan fingerprint density at radius 2 is 2.06 bits per heavy atom. The number of carbonyl (C=O) groups excluding carboxylic acids is 1. The minimum absolute atomic E-state index is 0. The Hall–Kier alpha value is 0.420. The molecule has 6 heteroatoms. The Kier molecular flexibility index (Phi) is 8.72. The highest BCUT2D eigenvalue weighted by Gasteiger charge is 2.25. The number of hydrogen-bond acceptors (Lipinski definition) is 4. The molecular formula is C11H23ClN2OS2. The van der Waals surface area contributed by atoms with Crippen LogP contribution in [-0.2, 0) is 4.79 Å². The molecule has 0 aromatic carbocycles. The zero-order valence-electron chi connectivity index (χ0n) is 10.5. The summed E-state index contributed by atoms with van der Waals surface area (Å²) >= 11 is 3.63. The second kappa shape index (κ2) is 8.51. The maximum atomic E-state index is 11.9. The van der Waals surface area contributed by atoms with Crippen molar-refractivity contribution in [3.05, 3.63) is 0 Å². The fourth-order valence-electron chi connectivity index (χ4n) is 1.52. The highest BCUT2D eigenvalue weighted by atomic mass is 35.5.